The molecule has 3 rings (SSSR count). The van der Waals surface area contributed by atoms with Crippen LogP contribution in [-0.2, 0) is 19.4 Å². The first-order chi connectivity index (χ1) is 11.5. The molecule has 1 unspecified atom stereocenters. The molecule has 1 saturated heterocycles. The third-order valence-corrected chi connectivity index (χ3v) is 7.74. The van der Waals surface area contributed by atoms with Crippen LogP contribution in [0.2, 0.25) is 5.02 Å². The highest BCUT2D eigenvalue weighted by atomic mass is 35.5. The van der Waals surface area contributed by atoms with Crippen molar-refractivity contribution in [3.63, 3.8) is 0 Å². The van der Waals surface area contributed by atoms with E-state index < -0.39 is 20.5 Å². The van der Waals surface area contributed by atoms with Crippen molar-refractivity contribution in [3.8, 4) is 0 Å². The molecule has 1 aromatic carbocycles. The Morgan fingerprint density at radius 1 is 1.21 bits per heavy atom. The molecule has 1 aliphatic carbocycles. The van der Waals surface area contributed by atoms with Crippen LogP contribution < -0.4 is 5.32 Å². The maximum atomic E-state index is 13.2. The molecule has 2 aliphatic rings. The van der Waals surface area contributed by atoms with Crippen molar-refractivity contribution in [3.05, 3.63) is 29.3 Å². The van der Waals surface area contributed by atoms with Gasteiger partial charge in [0, 0.05) is 18.2 Å². The Labute approximate surface area is 147 Å². The molecule has 0 spiro atoms. The van der Waals surface area contributed by atoms with Gasteiger partial charge in [0.05, 0.1) is 11.0 Å². The number of hydrogen-bond donors (Lipinski definition) is 1. The van der Waals surface area contributed by atoms with Crippen molar-refractivity contribution >= 4 is 27.3 Å². The minimum absolute atomic E-state index is 0.00867. The monoisotopic (exact) mass is 371 g/mol. The van der Waals surface area contributed by atoms with Gasteiger partial charge in [-0.15, -0.1) is 0 Å². The predicted molar refractivity (Wildman–Crippen MR) is 91.8 cm³/mol. The summed E-state index contributed by atoms with van der Waals surface area (Å²) in [6.07, 6.45) is 4.06. The van der Waals surface area contributed by atoms with Crippen LogP contribution in [0.5, 0.6) is 0 Å². The Kier molecular flexibility index (Phi) is 5.18. The lowest BCUT2D eigenvalue weighted by Crippen LogP contribution is -2.52. The zero-order valence-electron chi connectivity index (χ0n) is 13.5. The molecule has 2 fully saturated rings. The standard InChI is InChI=1S/C17H22ClNO4S/c18-13-5-7-15(8-6-13)24(21,22)17(9-1-2-10-17)16(20)19-12-14-4-3-11-23-14/h5-8,14H,1-4,9-12H2,(H,19,20). The smallest absolute Gasteiger partial charge is 0.241 e. The second kappa shape index (κ2) is 7.02. The van der Waals surface area contributed by atoms with Crippen molar-refractivity contribution in [2.75, 3.05) is 13.2 Å². The summed E-state index contributed by atoms with van der Waals surface area (Å²) in [7, 11) is -3.77. The summed E-state index contributed by atoms with van der Waals surface area (Å²) in [5, 5.41) is 3.30. The Morgan fingerprint density at radius 2 is 1.88 bits per heavy atom. The summed E-state index contributed by atoms with van der Waals surface area (Å²) in [6, 6.07) is 6.04. The van der Waals surface area contributed by atoms with Crippen LogP contribution in [0.4, 0.5) is 0 Å². The fourth-order valence-electron chi connectivity index (χ4n) is 3.58. The maximum Gasteiger partial charge on any atom is 0.241 e. The van der Waals surface area contributed by atoms with Crippen LogP contribution in [0.1, 0.15) is 38.5 Å². The molecule has 0 radical (unpaired) electrons. The van der Waals surface area contributed by atoms with E-state index in [0.29, 0.717) is 31.0 Å². The number of amides is 1. The molecule has 0 bridgehead atoms. The van der Waals surface area contributed by atoms with Crippen LogP contribution >= 0.6 is 11.6 Å². The molecule has 24 heavy (non-hydrogen) atoms. The highest BCUT2D eigenvalue weighted by Crippen LogP contribution is 2.41. The van der Waals surface area contributed by atoms with Gasteiger partial charge in [-0.05, 0) is 49.9 Å². The number of hydrogen-bond acceptors (Lipinski definition) is 4. The van der Waals surface area contributed by atoms with E-state index in [2.05, 4.69) is 5.32 Å². The molecule has 1 heterocycles. The van der Waals surface area contributed by atoms with Crippen LogP contribution in [0.25, 0.3) is 0 Å². The largest absolute Gasteiger partial charge is 0.376 e. The molecule has 7 heteroatoms. The van der Waals surface area contributed by atoms with Gasteiger partial charge in [0.25, 0.3) is 0 Å². The highest BCUT2D eigenvalue weighted by molar-refractivity contribution is 7.93. The van der Waals surface area contributed by atoms with E-state index in [4.69, 9.17) is 16.3 Å². The van der Waals surface area contributed by atoms with Crippen molar-refractivity contribution in [1.29, 1.82) is 0 Å². The number of rotatable bonds is 5. The van der Waals surface area contributed by atoms with Gasteiger partial charge in [0.15, 0.2) is 14.6 Å². The first-order valence-corrected chi connectivity index (χ1v) is 10.2. The molecule has 132 valence electrons. The summed E-state index contributed by atoms with van der Waals surface area (Å²) >= 11 is 5.85. The summed E-state index contributed by atoms with van der Waals surface area (Å²) < 4.78 is 30.5. The van der Waals surface area contributed by atoms with Gasteiger partial charge in [-0.3, -0.25) is 4.79 Å². The van der Waals surface area contributed by atoms with Gasteiger partial charge in [0.2, 0.25) is 5.91 Å². The van der Waals surface area contributed by atoms with E-state index in [9.17, 15) is 13.2 Å². The number of carbonyl (C=O) groups excluding carboxylic acids is 1. The van der Waals surface area contributed by atoms with E-state index in [1.54, 1.807) is 12.1 Å². The summed E-state index contributed by atoms with van der Waals surface area (Å²) in [6.45, 7) is 1.07. The molecular weight excluding hydrogens is 350 g/mol. The predicted octanol–water partition coefficient (Wildman–Crippen LogP) is 2.72. The molecule has 1 amide bonds. The fraction of sp³-hybridized carbons (Fsp3) is 0.588. The zero-order chi connectivity index (χ0) is 17.2. The van der Waals surface area contributed by atoms with E-state index in [-0.39, 0.29) is 11.0 Å². The van der Waals surface area contributed by atoms with Gasteiger partial charge >= 0.3 is 0 Å². The molecule has 1 atom stereocenters. The first kappa shape index (κ1) is 17.7. The molecule has 1 N–H and O–H groups in total. The Morgan fingerprint density at radius 3 is 2.46 bits per heavy atom. The molecule has 1 saturated carbocycles. The second-order valence-corrected chi connectivity index (χ2v) is 9.20. The van der Waals surface area contributed by atoms with E-state index >= 15 is 0 Å². The van der Waals surface area contributed by atoms with Crippen LogP contribution in [0, 0.1) is 0 Å². The molecule has 1 aliphatic heterocycles. The highest BCUT2D eigenvalue weighted by Gasteiger charge is 2.52. The molecule has 5 nitrogen and oxygen atoms in total. The Balaban J connectivity index is 1.83. The number of sulfone groups is 1. The topological polar surface area (TPSA) is 72.5 Å². The van der Waals surface area contributed by atoms with Crippen molar-refractivity contribution in [2.24, 2.45) is 0 Å². The molecule has 1 aromatic rings. The normalized spacial score (nSPS) is 23.3. The van der Waals surface area contributed by atoms with Crippen molar-refractivity contribution in [1.82, 2.24) is 5.32 Å². The SMILES string of the molecule is O=C(NCC1CCCO1)C1(S(=O)(=O)c2ccc(Cl)cc2)CCCC1. The van der Waals surface area contributed by atoms with Crippen LogP contribution in [0.15, 0.2) is 29.2 Å². The van der Waals surface area contributed by atoms with E-state index in [0.717, 1.165) is 25.7 Å². The minimum atomic E-state index is -3.77. The summed E-state index contributed by atoms with van der Waals surface area (Å²) in [5.41, 5.74) is 0. The number of benzene rings is 1. The first-order valence-electron chi connectivity index (χ1n) is 8.36. The van der Waals surface area contributed by atoms with Gasteiger partial charge in [-0.25, -0.2) is 8.42 Å². The van der Waals surface area contributed by atoms with E-state index in [1.807, 2.05) is 0 Å². The summed E-state index contributed by atoms with van der Waals surface area (Å²) in [4.78, 5) is 13.0. The third-order valence-electron chi connectivity index (χ3n) is 4.98. The third kappa shape index (κ3) is 3.19. The summed E-state index contributed by atoms with van der Waals surface area (Å²) in [5.74, 6) is -0.398. The number of nitrogens with one attached hydrogen (secondary N) is 1. The Hall–Kier alpha value is -1.11. The van der Waals surface area contributed by atoms with Crippen LogP contribution in [0.3, 0.4) is 0 Å². The van der Waals surface area contributed by atoms with Crippen molar-refractivity contribution in [2.45, 2.75) is 54.3 Å². The molecular formula is C17H22ClNO4S. The lowest BCUT2D eigenvalue weighted by Gasteiger charge is -2.28. The van der Waals surface area contributed by atoms with Crippen molar-refractivity contribution < 1.29 is 17.9 Å². The number of ether oxygens (including phenoxy) is 1. The van der Waals surface area contributed by atoms with Gasteiger partial charge in [-0.2, -0.15) is 0 Å². The average Bonchev–Trinajstić information content (AvgIpc) is 3.25. The van der Waals surface area contributed by atoms with Crippen LogP contribution in [-0.4, -0.2) is 38.3 Å². The maximum absolute atomic E-state index is 13.2. The zero-order valence-corrected chi connectivity index (χ0v) is 15.0. The average molecular weight is 372 g/mol. The minimum Gasteiger partial charge on any atom is -0.376 e. The lowest BCUT2D eigenvalue weighted by molar-refractivity contribution is -0.124. The van der Waals surface area contributed by atoms with Gasteiger partial charge < -0.3 is 10.1 Å². The number of halogens is 1. The quantitative estimate of drug-likeness (QED) is 0.863. The fourth-order valence-corrected chi connectivity index (χ4v) is 5.79. The second-order valence-electron chi connectivity index (χ2n) is 6.50. The van der Waals surface area contributed by atoms with Gasteiger partial charge in [0.1, 0.15) is 0 Å². The Bertz CT molecular complexity index is 690. The number of carbonyl (C=O) groups is 1. The molecule has 0 aromatic heterocycles. The lowest BCUT2D eigenvalue weighted by atomic mass is 10.1. The van der Waals surface area contributed by atoms with Gasteiger partial charge in [-0.1, -0.05) is 24.4 Å². The van der Waals surface area contributed by atoms with E-state index in [1.165, 1.54) is 12.1 Å².